The number of rotatable bonds is 4. The summed E-state index contributed by atoms with van der Waals surface area (Å²) in [5.74, 6) is 0. The number of hydrogen-bond acceptors (Lipinski definition) is 3. The molecule has 0 bridgehead atoms. The van der Waals surface area contributed by atoms with Gasteiger partial charge in [0.1, 0.15) is 0 Å². The highest BCUT2D eigenvalue weighted by Gasteiger charge is 2.01. The smallest absolute Gasteiger partial charge is 0.0208 e. The Morgan fingerprint density at radius 3 is 2.38 bits per heavy atom. The zero-order chi connectivity index (χ0) is 9.68. The molecule has 1 aromatic rings. The Balaban J connectivity index is 2.91. The Morgan fingerprint density at radius 2 is 1.85 bits per heavy atom. The minimum Gasteiger partial charge on any atom is -0.330 e. The molecule has 0 fully saturated rings. The van der Waals surface area contributed by atoms with Crippen molar-refractivity contribution in [3.05, 3.63) is 23.8 Å². The van der Waals surface area contributed by atoms with Gasteiger partial charge in [-0.25, -0.2) is 0 Å². The maximum atomic E-state index is 5.51. The first-order valence-electron chi connectivity index (χ1n) is 4.22. The van der Waals surface area contributed by atoms with E-state index in [2.05, 4.69) is 30.7 Å². The van der Waals surface area contributed by atoms with Crippen LogP contribution in [0.1, 0.15) is 5.56 Å². The molecule has 1 rings (SSSR count). The molecule has 0 spiro atoms. The first-order chi connectivity index (χ1) is 6.31. The topological polar surface area (TPSA) is 26.0 Å². The molecule has 0 atom stereocenters. The second-order valence-electron chi connectivity index (χ2n) is 2.73. The van der Waals surface area contributed by atoms with Crippen LogP contribution < -0.4 is 5.73 Å². The van der Waals surface area contributed by atoms with Crippen molar-refractivity contribution in [1.82, 2.24) is 0 Å². The maximum Gasteiger partial charge on any atom is 0.0208 e. The first-order valence-corrected chi connectivity index (χ1v) is 6.67. The quantitative estimate of drug-likeness (QED) is 0.779. The van der Waals surface area contributed by atoms with Crippen LogP contribution in [0, 0.1) is 0 Å². The van der Waals surface area contributed by atoms with E-state index in [0.717, 1.165) is 13.0 Å². The summed E-state index contributed by atoms with van der Waals surface area (Å²) in [4.78, 5) is 2.71. The molecule has 1 aromatic carbocycles. The van der Waals surface area contributed by atoms with Gasteiger partial charge in [0.2, 0.25) is 0 Å². The molecule has 0 aliphatic rings. The predicted molar refractivity (Wildman–Crippen MR) is 62.8 cm³/mol. The summed E-state index contributed by atoms with van der Waals surface area (Å²) in [6.07, 6.45) is 5.20. The summed E-state index contributed by atoms with van der Waals surface area (Å²) in [6, 6.07) is 6.59. The molecule has 0 aromatic heterocycles. The third-order valence-electron chi connectivity index (χ3n) is 1.88. The number of benzene rings is 1. The molecule has 72 valence electrons. The molecule has 0 aliphatic carbocycles. The minimum absolute atomic E-state index is 0.729. The summed E-state index contributed by atoms with van der Waals surface area (Å²) in [6.45, 7) is 0.729. The average Bonchev–Trinajstić information content (AvgIpc) is 2.18. The van der Waals surface area contributed by atoms with E-state index in [-0.39, 0.29) is 0 Å². The second kappa shape index (κ2) is 5.58. The van der Waals surface area contributed by atoms with Crippen LogP contribution in [0.3, 0.4) is 0 Å². The molecule has 0 heterocycles. The molecule has 0 saturated carbocycles. The molecule has 0 saturated heterocycles. The molecule has 0 aliphatic heterocycles. The van der Waals surface area contributed by atoms with Crippen molar-refractivity contribution < 1.29 is 0 Å². The molecular formula is C10H15NS2. The van der Waals surface area contributed by atoms with E-state index in [1.165, 1.54) is 15.4 Å². The Kier molecular flexibility index (Phi) is 4.70. The van der Waals surface area contributed by atoms with Crippen LogP contribution in [-0.4, -0.2) is 19.1 Å². The van der Waals surface area contributed by atoms with E-state index in [4.69, 9.17) is 5.73 Å². The van der Waals surface area contributed by atoms with Gasteiger partial charge in [-0.1, -0.05) is 6.07 Å². The van der Waals surface area contributed by atoms with E-state index >= 15 is 0 Å². The van der Waals surface area contributed by atoms with Gasteiger partial charge in [0.25, 0.3) is 0 Å². The van der Waals surface area contributed by atoms with Gasteiger partial charge in [0, 0.05) is 9.79 Å². The molecule has 1 nitrogen and oxygen atoms in total. The summed E-state index contributed by atoms with van der Waals surface area (Å²) < 4.78 is 0. The highest BCUT2D eigenvalue weighted by molar-refractivity contribution is 8.01. The summed E-state index contributed by atoms with van der Waals surface area (Å²) in [5, 5.41) is 0. The van der Waals surface area contributed by atoms with Crippen LogP contribution in [0.2, 0.25) is 0 Å². The fourth-order valence-corrected chi connectivity index (χ4v) is 2.71. The Morgan fingerprint density at radius 1 is 1.15 bits per heavy atom. The normalized spacial score (nSPS) is 10.4. The maximum absolute atomic E-state index is 5.51. The summed E-state index contributed by atoms with van der Waals surface area (Å²) >= 11 is 3.59. The number of thioether (sulfide) groups is 2. The van der Waals surface area contributed by atoms with Gasteiger partial charge in [-0.3, -0.25) is 0 Å². The van der Waals surface area contributed by atoms with E-state index < -0.39 is 0 Å². The van der Waals surface area contributed by atoms with E-state index in [0.29, 0.717) is 0 Å². The predicted octanol–water partition coefficient (Wildman–Crippen LogP) is 2.63. The van der Waals surface area contributed by atoms with Crippen LogP contribution in [-0.2, 0) is 6.42 Å². The molecule has 0 radical (unpaired) electrons. The lowest BCUT2D eigenvalue weighted by atomic mass is 10.1. The summed E-state index contributed by atoms with van der Waals surface area (Å²) in [7, 11) is 0. The fraction of sp³-hybridized carbons (Fsp3) is 0.400. The average molecular weight is 213 g/mol. The summed E-state index contributed by atoms with van der Waals surface area (Å²) in [5.41, 5.74) is 6.85. The monoisotopic (exact) mass is 213 g/mol. The van der Waals surface area contributed by atoms with Gasteiger partial charge in [-0.15, -0.1) is 23.5 Å². The zero-order valence-electron chi connectivity index (χ0n) is 8.04. The van der Waals surface area contributed by atoms with E-state index in [9.17, 15) is 0 Å². The SMILES string of the molecule is CSc1ccc(CCN)cc1SC. The Bertz CT molecular complexity index is 274. The minimum atomic E-state index is 0.729. The lowest BCUT2D eigenvalue weighted by Crippen LogP contribution is -2.02. The van der Waals surface area contributed by atoms with Crippen molar-refractivity contribution >= 4 is 23.5 Å². The van der Waals surface area contributed by atoms with Gasteiger partial charge < -0.3 is 5.73 Å². The fourth-order valence-electron chi connectivity index (χ4n) is 1.20. The largest absolute Gasteiger partial charge is 0.330 e. The Labute approximate surface area is 88.5 Å². The highest BCUT2D eigenvalue weighted by atomic mass is 32.2. The molecule has 0 amide bonds. The van der Waals surface area contributed by atoms with Crippen LogP contribution in [0.15, 0.2) is 28.0 Å². The van der Waals surface area contributed by atoms with Gasteiger partial charge in [-0.05, 0) is 43.2 Å². The lowest BCUT2D eigenvalue weighted by Gasteiger charge is -2.06. The van der Waals surface area contributed by atoms with Crippen LogP contribution >= 0.6 is 23.5 Å². The zero-order valence-corrected chi connectivity index (χ0v) is 9.67. The lowest BCUT2D eigenvalue weighted by molar-refractivity contribution is 0.957. The molecule has 2 N–H and O–H groups in total. The molecular weight excluding hydrogens is 198 g/mol. The standard InChI is InChI=1S/C10H15NS2/c1-12-9-4-3-8(5-6-11)7-10(9)13-2/h3-4,7H,5-6,11H2,1-2H3. The van der Waals surface area contributed by atoms with Crippen molar-refractivity contribution in [3.63, 3.8) is 0 Å². The Hall–Kier alpha value is -0.120. The van der Waals surface area contributed by atoms with Gasteiger partial charge >= 0.3 is 0 Å². The highest BCUT2D eigenvalue weighted by Crippen LogP contribution is 2.28. The van der Waals surface area contributed by atoms with Gasteiger partial charge in [0.15, 0.2) is 0 Å². The molecule has 3 heteroatoms. The van der Waals surface area contributed by atoms with Crippen molar-refractivity contribution in [2.24, 2.45) is 5.73 Å². The van der Waals surface area contributed by atoms with Crippen molar-refractivity contribution in [3.8, 4) is 0 Å². The van der Waals surface area contributed by atoms with Gasteiger partial charge in [-0.2, -0.15) is 0 Å². The molecule has 0 unspecified atom stereocenters. The third kappa shape index (κ3) is 2.93. The second-order valence-corrected chi connectivity index (χ2v) is 4.42. The molecule has 13 heavy (non-hydrogen) atoms. The van der Waals surface area contributed by atoms with Crippen molar-refractivity contribution in [1.29, 1.82) is 0 Å². The third-order valence-corrected chi connectivity index (χ3v) is 3.58. The number of nitrogens with two attached hydrogens (primary N) is 1. The van der Waals surface area contributed by atoms with Crippen molar-refractivity contribution in [2.45, 2.75) is 16.2 Å². The van der Waals surface area contributed by atoms with Crippen LogP contribution in [0.5, 0.6) is 0 Å². The van der Waals surface area contributed by atoms with Gasteiger partial charge in [0.05, 0.1) is 0 Å². The van der Waals surface area contributed by atoms with Crippen LogP contribution in [0.25, 0.3) is 0 Å². The van der Waals surface area contributed by atoms with E-state index in [1.807, 2.05) is 0 Å². The first kappa shape index (κ1) is 11.0. The van der Waals surface area contributed by atoms with Crippen LogP contribution in [0.4, 0.5) is 0 Å². The van der Waals surface area contributed by atoms with E-state index in [1.54, 1.807) is 23.5 Å². The van der Waals surface area contributed by atoms with Crippen molar-refractivity contribution in [2.75, 3.05) is 19.1 Å². The number of hydrogen-bond donors (Lipinski definition) is 1.